The highest BCUT2D eigenvalue weighted by Gasteiger charge is 2.19. The Morgan fingerprint density at radius 1 is 1.10 bits per heavy atom. The topological polar surface area (TPSA) is 110 Å². The van der Waals surface area contributed by atoms with Crippen LogP contribution in [0.2, 0.25) is 5.02 Å². The Hall–Kier alpha value is -2.82. The van der Waals surface area contributed by atoms with Gasteiger partial charge in [0.15, 0.2) is 0 Å². The average Bonchev–Trinajstić information content (AvgIpc) is 3.10. The summed E-state index contributed by atoms with van der Waals surface area (Å²) in [6, 6.07) is 14.4. The van der Waals surface area contributed by atoms with E-state index >= 15 is 0 Å². The van der Waals surface area contributed by atoms with E-state index < -0.39 is 10.0 Å². The van der Waals surface area contributed by atoms with Crippen LogP contribution in [0.3, 0.4) is 0 Å². The fraction of sp³-hybridized carbons (Fsp3) is 0.0556. The number of nitrogens with one attached hydrogen (secondary N) is 1. The van der Waals surface area contributed by atoms with Crippen LogP contribution in [0.15, 0.2) is 69.5 Å². The van der Waals surface area contributed by atoms with E-state index in [1.54, 1.807) is 37.4 Å². The number of hydrogen-bond acceptors (Lipinski definition) is 7. The van der Waals surface area contributed by atoms with Crippen LogP contribution in [0.4, 0.5) is 5.69 Å². The van der Waals surface area contributed by atoms with E-state index in [0.29, 0.717) is 31.5 Å². The molecule has 1 heterocycles. The molecule has 0 atom stereocenters. The lowest BCUT2D eigenvalue weighted by molar-refractivity contribution is 0.469. The van der Waals surface area contributed by atoms with Crippen molar-refractivity contribution < 1.29 is 13.5 Å². The predicted molar refractivity (Wildman–Crippen MR) is 111 cm³/mol. The van der Waals surface area contributed by atoms with Crippen molar-refractivity contribution >= 4 is 49.8 Å². The molecule has 4 aromatic rings. The molecule has 0 unspecified atom stereocenters. The number of sulfonamides is 1. The first-order chi connectivity index (χ1) is 13.8. The highest BCUT2D eigenvalue weighted by molar-refractivity contribution is 7.99. The number of aryl methyl sites for hydroxylation is 1. The number of fused-ring (bicyclic) bond motifs is 1. The zero-order valence-corrected chi connectivity index (χ0v) is 17.3. The normalized spacial score (nSPS) is 11.7. The van der Waals surface area contributed by atoms with Crippen molar-refractivity contribution in [3.63, 3.8) is 0 Å². The largest absolute Gasteiger partial charge is 0.506 e. The summed E-state index contributed by atoms with van der Waals surface area (Å²) in [6.07, 6.45) is 0. The van der Waals surface area contributed by atoms with Crippen LogP contribution < -0.4 is 4.72 Å². The maximum atomic E-state index is 12.9. The molecular formula is C18H14ClN5O3S2. The highest BCUT2D eigenvalue weighted by Crippen LogP contribution is 2.42. The van der Waals surface area contributed by atoms with Crippen LogP contribution in [-0.2, 0) is 17.1 Å². The Balaban J connectivity index is 1.82. The van der Waals surface area contributed by atoms with Crippen LogP contribution >= 0.6 is 23.4 Å². The molecule has 0 fully saturated rings. The van der Waals surface area contributed by atoms with E-state index in [-0.39, 0.29) is 10.6 Å². The summed E-state index contributed by atoms with van der Waals surface area (Å²) in [6.45, 7) is 0. The molecule has 0 saturated carbocycles. The Kier molecular flexibility index (Phi) is 5.07. The van der Waals surface area contributed by atoms with E-state index in [4.69, 9.17) is 11.6 Å². The van der Waals surface area contributed by atoms with Crippen molar-refractivity contribution in [3.05, 3.63) is 59.6 Å². The molecule has 0 aliphatic heterocycles. The van der Waals surface area contributed by atoms with Crippen molar-refractivity contribution in [1.82, 2.24) is 20.2 Å². The molecule has 0 spiro atoms. The number of nitrogens with zero attached hydrogens (tertiary/aromatic N) is 4. The summed E-state index contributed by atoms with van der Waals surface area (Å²) in [5.41, 5.74) is 0.325. The number of tetrazole rings is 1. The van der Waals surface area contributed by atoms with Gasteiger partial charge in [0.05, 0.1) is 15.5 Å². The second-order valence-electron chi connectivity index (χ2n) is 6.06. The van der Waals surface area contributed by atoms with Crippen LogP contribution in [0.1, 0.15) is 0 Å². The van der Waals surface area contributed by atoms with Crippen LogP contribution in [0.5, 0.6) is 5.75 Å². The number of rotatable bonds is 5. The van der Waals surface area contributed by atoms with Gasteiger partial charge < -0.3 is 5.11 Å². The van der Waals surface area contributed by atoms with Gasteiger partial charge in [0.2, 0.25) is 5.16 Å². The SMILES string of the molecule is Cn1nnnc1Sc1cc(NS(=O)(=O)c2ccc(Cl)cc2)c2ccccc2c1O. The lowest BCUT2D eigenvalue weighted by Crippen LogP contribution is -2.13. The summed E-state index contributed by atoms with van der Waals surface area (Å²) in [5.74, 6) is 0.0167. The molecule has 2 N–H and O–H groups in total. The van der Waals surface area contributed by atoms with Gasteiger partial charge in [-0.05, 0) is 52.5 Å². The van der Waals surface area contributed by atoms with Gasteiger partial charge in [-0.15, -0.1) is 5.10 Å². The standard InChI is InChI=1S/C18H14ClN5O3S2/c1-24-18(20-22-23-24)28-16-10-15(13-4-2-3-5-14(13)17(16)25)21-29(26,27)12-8-6-11(19)7-9-12/h2-10,21,25H,1H3. The fourth-order valence-corrected chi connectivity index (χ4v) is 4.74. The molecule has 0 saturated heterocycles. The Morgan fingerprint density at radius 3 is 2.45 bits per heavy atom. The molecule has 0 aliphatic carbocycles. The number of anilines is 1. The number of phenolic OH excluding ortho intramolecular Hbond substituents is 1. The number of aromatic hydroxyl groups is 1. The number of hydrogen-bond donors (Lipinski definition) is 2. The Bertz CT molecular complexity index is 1310. The quantitative estimate of drug-likeness (QED) is 0.449. The molecule has 0 bridgehead atoms. The van der Waals surface area contributed by atoms with Gasteiger partial charge in [-0.25, -0.2) is 13.1 Å². The zero-order chi connectivity index (χ0) is 20.6. The molecule has 11 heteroatoms. The highest BCUT2D eigenvalue weighted by atomic mass is 35.5. The molecule has 0 aliphatic rings. The fourth-order valence-electron chi connectivity index (χ4n) is 2.72. The summed E-state index contributed by atoms with van der Waals surface area (Å²) in [7, 11) is -2.20. The molecule has 0 radical (unpaired) electrons. The molecule has 8 nitrogen and oxygen atoms in total. The maximum Gasteiger partial charge on any atom is 0.261 e. The van der Waals surface area contributed by atoms with Crippen molar-refractivity contribution in [2.45, 2.75) is 14.9 Å². The second kappa shape index (κ2) is 7.54. The lowest BCUT2D eigenvalue weighted by Gasteiger charge is -2.14. The molecule has 3 aromatic carbocycles. The minimum atomic E-state index is -3.87. The summed E-state index contributed by atoms with van der Waals surface area (Å²) < 4.78 is 29.8. The Labute approximate surface area is 175 Å². The molecule has 1 aromatic heterocycles. The Morgan fingerprint density at radius 2 is 1.79 bits per heavy atom. The molecule has 0 amide bonds. The van der Waals surface area contributed by atoms with Crippen LogP contribution in [-0.4, -0.2) is 33.7 Å². The first-order valence-corrected chi connectivity index (χ1v) is 11.0. The van der Waals surface area contributed by atoms with E-state index in [2.05, 4.69) is 20.2 Å². The van der Waals surface area contributed by atoms with Gasteiger partial charge in [0.1, 0.15) is 5.75 Å². The van der Waals surface area contributed by atoms with Gasteiger partial charge in [-0.2, -0.15) is 0 Å². The smallest absolute Gasteiger partial charge is 0.261 e. The summed E-state index contributed by atoms with van der Waals surface area (Å²) in [5, 5.41) is 23.9. The molecule has 29 heavy (non-hydrogen) atoms. The van der Waals surface area contributed by atoms with E-state index in [1.807, 2.05) is 0 Å². The monoisotopic (exact) mass is 447 g/mol. The van der Waals surface area contributed by atoms with Gasteiger partial charge in [-0.1, -0.05) is 35.9 Å². The third-order valence-corrected chi connectivity index (χ3v) is 6.82. The average molecular weight is 448 g/mol. The van der Waals surface area contributed by atoms with E-state index in [1.165, 1.54) is 28.9 Å². The van der Waals surface area contributed by atoms with Gasteiger partial charge in [-0.3, -0.25) is 4.72 Å². The number of phenols is 1. The summed E-state index contributed by atoms with van der Waals surface area (Å²) in [4.78, 5) is 0.487. The first kappa shape index (κ1) is 19.5. The summed E-state index contributed by atoms with van der Waals surface area (Å²) >= 11 is 6.98. The van der Waals surface area contributed by atoms with Crippen molar-refractivity contribution in [2.75, 3.05) is 4.72 Å². The van der Waals surface area contributed by atoms with Crippen LogP contribution in [0.25, 0.3) is 10.8 Å². The van der Waals surface area contributed by atoms with Crippen molar-refractivity contribution in [2.24, 2.45) is 7.05 Å². The van der Waals surface area contributed by atoms with Gasteiger partial charge in [0.25, 0.3) is 10.0 Å². The number of halogens is 1. The lowest BCUT2D eigenvalue weighted by atomic mass is 10.1. The van der Waals surface area contributed by atoms with Crippen molar-refractivity contribution in [1.29, 1.82) is 0 Å². The maximum absolute atomic E-state index is 12.9. The van der Waals surface area contributed by atoms with Gasteiger partial charge in [0, 0.05) is 22.8 Å². The van der Waals surface area contributed by atoms with Crippen molar-refractivity contribution in [3.8, 4) is 5.75 Å². The first-order valence-electron chi connectivity index (χ1n) is 8.28. The predicted octanol–water partition coefficient (Wildman–Crippen LogP) is 3.67. The number of benzene rings is 3. The third kappa shape index (κ3) is 3.86. The van der Waals surface area contributed by atoms with E-state index in [0.717, 1.165) is 11.8 Å². The molecule has 4 rings (SSSR count). The number of aromatic nitrogens is 4. The second-order valence-corrected chi connectivity index (χ2v) is 9.19. The van der Waals surface area contributed by atoms with Gasteiger partial charge >= 0.3 is 0 Å². The molecule has 148 valence electrons. The zero-order valence-electron chi connectivity index (χ0n) is 14.9. The minimum absolute atomic E-state index is 0.0167. The van der Waals surface area contributed by atoms with E-state index in [9.17, 15) is 13.5 Å². The van der Waals surface area contributed by atoms with Crippen LogP contribution in [0, 0.1) is 0 Å². The third-order valence-electron chi connectivity index (χ3n) is 4.13. The minimum Gasteiger partial charge on any atom is -0.506 e. The molecular weight excluding hydrogens is 434 g/mol.